The highest BCUT2D eigenvalue weighted by Gasteiger charge is 2.08. The molecule has 0 saturated carbocycles. The molecule has 1 heterocycles. The summed E-state index contributed by atoms with van der Waals surface area (Å²) in [6, 6.07) is 9.80. The highest BCUT2D eigenvalue weighted by atomic mass is 16.2. The van der Waals surface area contributed by atoms with Gasteiger partial charge in [0.15, 0.2) is 0 Å². The molecule has 0 unspecified atom stereocenters. The Kier molecular flexibility index (Phi) is 4.36. The van der Waals surface area contributed by atoms with Crippen LogP contribution in [0.5, 0.6) is 0 Å². The van der Waals surface area contributed by atoms with Crippen molar-refractivity contribution >= 4 is 11.6 Å². The summed E-state index contributed by atoms with van der Waals surface area (Å²) in [5.41, 5.74) is 5.56. The summed E-state index contributed by atoms with van der Waals surface area (Å²) in [5, 5.41) is 3.40. The summed E-state index contributed by atoms with van der Waals surface area (Å²) in [7, 11) is 5.60. The number of nitrogens with one attached hydrogen (secondary N) is 1. The van der Waals surface area contributed by atoms with E-state index >= 15 is 0 Å². The van der Waals surface area contributed by atoms with E-state index in [0.717, 1.165) is 12.2 Å². The zero-order valence-electron chi connectivity index (χ0n) is 13.4. The molecule has 4 heteroatoms. The van der Waals surface area contributed by atoms with Crippen LogP contribution < -0.4 is 5.32 Å². The molecule has 0 radical (unpaired) electrons. The summed E-state index contributed by atoms with van der Waals surface area (Å²) in [4.78, 5) is 13.4. The van der Waals surface area contributed by atoms with Crippen LogP contribution in [0.15, 0.2) is 30.3 Å². The Morgan fingerprint density at radius 2 is 1.81 bits per heavy atom. The molecule has 0 atom stereocenters. The van der Waals surface area contributed by atoms with E-state index in [2.05, 4.69) is 36.8 Å². The van der Waals surface area contributed by atoms with Gasteiger partial charge in [-0.3, -0.25) is 4.79 Å². The fourth-order valence-electron chi connectivity index (χ4n) is 2.30. The van der Waals surface area contributed by atoms with Crippen molar-refractivity contribution in [2.24, 2.45) is 7.05 Å². The van der Waals surface area contributed by atoms with Gasteiger partial charge in [0.25, 0.3) is 5.91 Å². The normalized spacial score (nSPS) is 10.5. The summed E-state index contributed by atoms with van der Waals surface area (Å²) in [6.45, 7) is 5.02. The first-order valence-corrected chi connectivity index (χ1v) is 7.07. The molecule has 0 fully saturated rings. The third kappa shape index (κ3) is 3.27. The van der Waals surface area contributed by atoms with Crippen LogP contribution in [0.3, 0.4) is 0 Å². The first-order valence-electron chi connectivity index (χ1n) is 7.07. The average Bonchev–Trinajstić information content (AvgIpc) is 2.72. The molecule has 0 aliphatic carbocycles. The summed E-state index contributed by atoms with van der Waals surface area (Å²) < 4.78 is 2.19. The summed E-state index contributed by atoms with van der Waals surface area (Å²) in [6.07, 6.45) is 0. The summed E-state index contributed by atoms with van der Waals surface area (Å²) >= 11 is 0. The lowest BCUT2D eigenvalue weighted by Crippen LogP contribution is -2.21. The Balaban J connectivity index is 2.04. The molecular weight excluding hydrogens is 262 g/mol. The minimum Gasteiger partial charge on any atom is -0.381 e. The Bertz CT molecular complexity index is 639. The Morgan fingerprint density at radius 3 is 2.29 bits per heavy atom. The molecule has 1 N–H and O–H groups in total. The lowest BCUT2D eigenvalue weighted by atomic mass is 10.2. The highest BCUT2D eigenvalue weighted by Crippen LogP contribution is 2.16. The number of hydrogen-bond acceptors (Lipinski definition) is 2. The molecule has 0 bridgehead atoms. The van der Waals surface area contributed by atoms with Gasteiger partial charge >= 0.3 is 0 Å². The predicted octanol–water partition coefficient (Wildman–Crippen LogP) is 2.96. The number of aryl methyl sites for hydroxylation is 1. The number of hydrogen-bond donors (Lipinski definition) is 1. The second-order valence-corrected chi connectivity index (χ2v) is 5.59. The molecular formula is C17H23N3O. The van der Waals surface area contributed by atoms with Gasteiger partial charge in [-0.15, -0.1) is 0 Å². The smallest absolute Gasteiger partial charge is 0.253 e. The first-order chi connectivity index (χ1) is 9.90. The number of aromatic nitrogens is 1. The first kappa shape index (κ1) is 15.2. The van der Waals surface area contributed by atoms with Crippen molar-refractivity contribution < 1.29 is 4.79 Å². The van der Waals surface area contributed by atoms with E-state index in [1.165, 1.54) is 17.0 Å². The third-order valence-corrected chi connectivity index (χ3v) is 3.90. The van der Waals surface area contributed by atoms with E-state index in [1.54, 1.807) is 19.0 Å². The third-order valence-electron chi connectivity index (χ3n) is 3.90. The SMILES string of the molecule is Cc1cc(CNc2ccc(C(=O)N(C)C)cc2)c(C)n1C. The van der Waals surface area contributed by atoms with Gasteiger partial charge in [0.2, 0.25) is 0 Å². The number of rotatable bonds is 4. The second kappa shape index (κ2) is 6.04. The molecule has 2 rings (SSSR count). The van der Waals surface area contributed by atoms with Gasteiger partial charge in [-0.05, 0) is 49.7 Å². The van der Waals surface area contributed by atoms with E-state index in [4.69, 9.17) is 0 Å². The molecule has 4 nitrogen and oxygen atoms in total. The Labute approximate surface area is 126 Å². The second-order valence-electron chi connectivity index (χ2n) is 5.59. The van der Waals surface area contributed by atoms with Gasteiger partial charge in [-0.25, -0.2) is 0 Å². The molecule has 1 aromatic carbocycles. The van der Waals surface area contributed by atoms with Gasteiger partial charge in [0, 0.05) is 50.3 Å². The minimum absolute atomic E-state index is 0.0241. The Morgan fingerprint density at radius 1 is 1.19 bits per heavy atom. The molecule has 0 saturated heterocycles. The lowest BCUT2D eigenvalue weighted by Gasteiger charge is -2.11. The molecule has 1 amide bonds. The fraction of sp³-hybridized carbons (Fsp3) is 0.353. The van der Waals surface area contributed by atoms with Gasteiger partial charge < -0.3 is 14.8 Å². The maximum absolute atomic E-state index is 11.8. The van der Waals surface area contributed by atoms with Crippen molar-refractivity contribution in [2.75, 3.05) is 19.4 Å². The van der Waals surface area contributed by atoms with Crippen molar-refractivity contribution in [3.8, 4) is 0 Å². The zero-order valence-corrected chi connectivity index (χ0v) is 13.4. The molecule has 0 aliphatic heterocycles. The van der Waals surface area contributed by atoms with Crippen LogP contribution in [-0.4, -0.2) is 29.5 Å². The molecule has 0 spiro atoms. The largest absolute Gasteiger partial charge is 0.381 e. The average molecular weight is 285 g/mol. The van der Waals surface area contributed by atoms with E-state index in [-0.39, 0.29) is 5.91 Å². The molecule has 2 aromatic rings. The van der Waals surface area contributed by atoms with E-state index in [9.17, 15) is 4.79 Å². The topological polar surface area (TPSA) is 37.3 Å². The van der Waals surface area contributed by atoms with E-state index in [1.807, 2.05) is 24.3 Å². The monoisotopic (exact) mass is 285 g/mol. The van der Waals surface area contributed by atoms with Crippen molar-refractivity contribution in [1.29, 1.82) is 0 Å². The van der Waals surface area contributed by atoms with Gasteiger partial charge in [0.05, 0.1) is 0 Å². The van der Waals surface area contributed by atoms with Gasteiger partial charge in [-0.2, -0.15) is 0 Å². The molecule has 1 aromatic heterocycles. The van der Waals surface area contributed by atoms with Crippen LogP contribution >= 0.6 is 0 Å². The van der Waals surface area contributed by atoms with E-state index < -0.39 is 0 Å². The zero-order chi connectivity index (χ0) is 15.6. The standard InChI is InChI=1S/C17H23N3O/c1-12-10-15(13(2)20(12)5)11-18-16-8-6-14(7-9-16)17(21)19(3)4/h6-10,18H,11H2,1-5H3. The van der Waals surface area contributed by atoms with E-state index in [0.29, 0.717) is 5.56 Å². The fourth-order valence-corrected chi connectivity index (χ4v) is 2.30. The van der Waals surface area contributed by atoms with Crippen LogP contribution in [-0.2, 0) is 13.6 Å². The molecule has 0 aliphatic rings. The number of anilines is 1. The maximum atomic E-state index is 11.8. The lowest BCUT2D eigenvalue weighted by molar-refractivity contribution is 0.0827. The van der Waals surface area contributed by atoms with Crippen molar-refractivity contribution in [1.82, 2.24) is 9.47 Å². The number of amides is 1. The van der Waals surface area contributed by atoms with Crippen LogP contribution in [0.4, 0.5) is 5.69 Å². The van der Waals surface area contributed by atoms with Gasteiger partial charge in [0.1, 0.15) is 0 Å². The quantitative estimate of drug-likeness (QED) is 0.937. The minimum atomic E-state index is 0.0241. The Hall–Kier alpha value is -2.23. The van der Waals surface area contributed by atoms with Gasteiger partial charge in [-0.1, -0.05) is 0 Å². The van der Waals surface area contributed by atoms with Crippen LogP contribution in [0.1, 0.15) is 27.3 Å². The number of carbonyl (C=O) groups is 1. The van der Waals surface area contributed by atoms with Crippen LogP contribution in [0, 0.1) is 13.8 Å². The number of benzene rings is 1. The molecule has 112 valence electrons. The summed E-state index contributed by atoms with van der Waals surface area (Å²) in [5.74, 6) is 0.0241. The predicted molar refractivity (Wildman–Crippen MR) is 86.7 cm³/mol. The van der Waals surface area contributed by atoms with Crippen molar-refractivity contribution in [3.63, 3.8) is 0 Å². The number of nitrogens with zero attached hydrogens (tertiary/aromatic N) is 2. The highest BCUT2D eigenvalue weighted by molar-refractivity contribution is 5.94. The molecule has 21 heavy (non-hydrogen) atoms. The number of carbonyl (C=O) groups excluding carboxylic acids is 1. The van der Waals surface area contributed by atoms with Crippen molar-refractivity contribution in [3.05, 3.63) is 52.8 Å². The van der Waals surface area contributed by atoms with Crippen molar-refractivity contribution in [2.45, 2.75) is 20.4 Å². The van der Waals surface area contributed by atoms with Crippen LogP contribution in [0.25, 0.3) is 0 Å². The van der Waals surface area contributed by atoms with Crippen LogP contribution in [0.2, 0.25) is 0 Å². The maximum Gasteiger partial charge on any atom is 0.253 e.